The number of methoxy groups -OCH3 is 1. The molecule has 5 atom stereocenters. The molecule has 0 amide bonds. The molecule has 0 aromatic carbocycles. The highest BCUT2D eigenvalue weighted by molar-refractivity contribution is 4.93. The average molecular weight is 265 g/mol. The third kappa shape index (κ3) is 3.00. The molecule has 0 radical (unpaired) electrons. The molecule has 2 heteroatoms. The lowest BCUT2D eigenvalue weighted by atomic mass is 9.78. The van der Waals surface area contributed by atoms with Gasteiger partial charge in [0.1, 0.15) is 0 Å². The van der Waals surface area contributed by atoms with E-state index in [4.69, 9.17) is 10.5 Å². The monoisotopic (exact) mass is 265 g/mol. The Morgan fingerprint density at radius 3 is 2.42 bits per heavy atom. The first-order valence-corrected chi connectivity index (χ1v) is 8.56. The minimum atomic E-state index is 0.275. The van der Waals surface area contributed by atoms with Crippen LogP contribution in [-0.4, -0.2) is 19.3 Å². The maximum atomic E-state index is 6.55. The van der Waals surface area contributed by atoms with Gasteiger partial charge in [0.25, 0.3) is 0 Å². The summed E-state index contributed by atoms with van der Waals surface area (Å²) in [5, 5.41) is 0. The van der Waals surface area contributed by atoms with Crippen LogP contribution < -0.4 is 5.73 Å². The Hall–Kier alpha value is -0.0800. The summed E-state index contributed by atoms with van der Waals surface area (Å²) in [6, 6.07) is 0.275. The minimum absolute atomic E-state index is 0.275. The van der Waals surface area contributed by atoms with E-state index >= 15 is 0 Å². The summed E-state index contributed by atoms with van der Waals surface area (Å²) in [5.41, 5.74) is 6.55. The fourth-order valence-electron chi connectivity index (χ4n) is 5.33. The van der Waals surface area contributed by atoms with Gasteiger partial charge in [0.15, 0.2) is 0 Å². The Balaban J connectivity index is 1.53. The molecule has 3 saturated carbocycles. The van der Waals surface area contributed by atoms with Crippen LogP contribution in [0.25, 0.3) is 0 Å². The van der Waals surface area contributed by atoms with Gasteiger partial charge in [0, 0.05) is 13.2 Å². The van der Waals surface area contributed by atoms with Gasteiger partial charge in [0.05, 0.1) is 6.10 Å². The van der Waals surface area contributed by atoms with E-state index in [2.05, 4.69) is 0 Å². The van der Waals surface area contributed by atoms with Crippen LogP contribution in [0.2, 0.25) is 0 Å². The summed E-state index contributed by atoms with van der Waals surface area (Å²) >= 11 is 0. The Bertz CT molecular complexity index is 287. The molecular weight excluding hydrogens is 234 g/mol. The van der Waals surface area contributed by atoms with Gasteiger partial charge in [-0.3, -0.25) is 0 Å². The number of nitrogens with two attached hydrogens (primary N) is 1. The van der Waals surface area contributed by atoms with Crippen molar-refractivity contribution in [2.24, 2.45) is 29.4 Å². The molecule has 19 heavy (non-hydrogen) atoms. The van der Waals surface area contributed by atoms with Crippen molar-refractivity contribution < 1.29 is 4.74 Å². The Morgan fingerprint density at radius 1 is 1.05 bits per heavy atom. The van der Waals surface area contributed by atoms with Crippen molar-refractivity contribution in [1.29, 1.82) is 0 Å². The van der Waals surface area contributed by atoms with Gasteiger partial charge in [0.2, 0.25) is 0 Å². The molecule has 0 spiro atoms. The number of hydrogen-bond donors (Lipinski definition) is 1. The third-order valence-electron chi connectivity index (χ3n) is 6.27. The highest BCUT2D eigenvalue weighted by Gasteiger charge is 2.41. The summed E-state index contributed by atoms with van der Waals surface area (Å²) in [6.07, 6.45) is 14.3. The van der Waals surface area contributed by atoms with Crippen LogP contribution in [0.4, 0.5) is 0 Å². The molecule has 3 aliphatic rings. The number of rotatable bonds is 5. The number of ether oxygens (including phenoxy) is 1. The minimum Gasteiger partial charge on any atom is -0.380 e. The molecule has 0 aromatic heterocycles. The predicted octanol–water partition coefficient (Wildman–Crippen LogP) is 3.74. The summed E-state index contributed by atoms with van der Waals surface area (Å²) in [5.74, 6) is 3.68. The standard InChI is InChI=1S/C17H31NO/c1-19-17(13-5-3-2-4-6-13)16(18)11-15-10-12-7-8-14(15)9-12/h12-17H,2-11,18H2,1H3. The molecule has 3 fully saturated rings. The second-order valence-corrected chi connectivity index (χ2v) is 7.43. The highest BCUT2D eigenvalue weighted by Crippen LogP contribution is 2.50. The number of hydrogen-bond acceptors (Lipinski definition) is 2. The Labute approximate surface area is 118 Å². The predicted molar refractivity (Wildman–Crippen MR) is 78.9 cm³/mol. The SMILES string of the molecule is COC(C(N)CC1CC2CCC1C2)C1CCCCC1. The Kier molecular flexibility index (Phi) is 4.48. The van der Waals surface area contributed by atoms with Crippen molar-refractivity contribution >= 4 is 0 Å². The lowest BCUT2D eigenvalue weighted by Gasteiger charge is -2.35. The summed E-state index contributed by atoms with van der Waals surface area (Å²) < 4.78 is 5.82. The average Bonchev–Trinajstić information content (AvgIpc) is 3.03. The maximum Gasteiger partial charge on any atom is 0.0750 e. The molecule has 5 unspecified atom stereocenters. The zero-order valence-electron chi connectivity index (χ0n) is 12.5. The quantitative estimate of drug-likeness (QED) is 0.822. The molecule has 0 saturated heterocycles. The van der Waals surface area contributed by atoms with E-state index in [1.807, 2.05) is 7.11 Å². The van der Waals surface area contributed by atoms with Gasteiger partial charge in [-0.15, -0.1) is 0 Å². The van der Waals surface area contributed by atoms with Gasteiger partial charge < -0.3 is 10.5 Å². The zero-order chi connectivity index (χ0) is 13.2. The van der Waals surface area contributed by atoms with Crippen molar-refractivity contribution in [2.45, 2.75) is 76.4 Å². The van der Waals surface area contributed by atoms with Gasteiger partial charge in [-0.1, -0.05) is 25.7 Å². The van der Waals surface area contributed by atoms with Gasteiger partial charge in [-0.2, -0.15) is 0 Å². The lowest BCUT2D eigenvalue weighted by molar-refractivity contribution is 0.0101. The van der Waals surface area contributed by atoms with Crippen LogP contribution >= 0.6 is 0 Å². The fraction of sp³-hybridized carbons (Fsp3) is 1.00. The number of fused-ring (bicyclic) bond motifs is 2. The fourth-order valence-corrected chi connectivity index (χ4v) is 5.33. The highest BCUT2D eigenvalue weighted by atomic mass is 16.5. The first-order chi connectivity index (χ1) is 9.28. The molecule has 2 bridgehead atoms. The summed E-state index contributed by atoms with van der Waals surface area (Å²) in [7, 11) is 1.87. The van der Waals surface area contributed by atoms with Crippen molar-refractivity contribution in [3.63, 3.8) is 0 Å². The molecule has 0 heterocycles. The van der Waals surface area contributed by atoms with Gasteiger partial charge in [-0.05, 0) is 62.2 Å². The first kappa shape index (κ1) is 13.9. The van der Waals surface area contributed by atoms with Crippen molar-refractivity contribution in [2.75, 3.05) is 7.11 Å². The van der Waals surface area contributed by atoms with E-state index in [0.29, 0.717) is 6.10 Å². The largest absolute Gasteiger partial charge is 0.380 e. The van der Waals surface area contributed by atoms with Gasteiger partial charge in [-0.25, -0.2) is 0 Å². The van der Waals surface area contributed by atoms with Crippen LogP contribution in [0.3, 0.4) is 0 Å². The maximum absolute atomic E-state index is 6.55. The molecule has 0 aromatic rings. The van der Waals surface area contributed by atoms with E-state index < -0.39 is 0 Å². The molecule has 2 nitrogen and oxygen atoms in total. The van der Waals surface area contributed by atoms with Crippen LogP contribution in [0.1, 0.15) is 64.2 Å². The van der Waals surface area contributed by atoms with Crippen LogP contribution in [-0.2, 0) is 4.74 Å². The molecule has 2 N–H and O–H groups in total. The molecule has 3 rings (SSSR count). The summed E-state index contributed by atoms with van der Waals surface area (Å²) in [6.45, 7) is 0. The van der Waals surface area contributed by atoms with Crippen molar-refractivity contribution in [3.8, 4) is 0 Å². The van der Waals surface area contributed by atoms with Crippen LogP contribution in [0.5, 0.6) is 0 Å². The van der Waals surface area contributed by atoms with E-state index in [1.165, 1.54) is 64.2 Å². The zero-order valence-corrected chi connectivity index (χ0v) is 12.5. The molecule has 3 aliphatic carbocycles. The van der Waals surface area contributed by atoms with E-state index in [1.54, 1.807) is 0 Å². The molecular formula is C17H31NO. The normalized spacial score (nSPS) is 38.5. The lowest BCUT2D eigenvalue weighted by Crippen LogP contribution is -2.43. The van der Waals surface area contributed by atoms with Crippen LogP contribution in [0, 0.1) is 23.7 Å². The molecule has 0 aliphatic heterocycles. The molecule has 110 valence electrons. The summed E-state index contributed by atoms with van der Waals surface area (Å²) in [4.78, 5) is 0. The van der Waals surface area contributed by atoms with Crippen LogP contribution in [0.15, 0.2) is 0 Å². The third-order valence-corrected chi connectivity index (χ3v) is 6.27. The second kappa shape index (κ2) is 6.13. The second-order valence-electron chi connectivity index (χ2n) is 7.43. The van der Waals surface area contributed by atoms with Crippen molar-refractivity contribution in [3.05, 3.63) is 0 Å². The van der Waals surface area contributed by atoms with Gasteiger partial charge >= 0.3 is 0 Å². The van der Waals surface area contributed by atoms with E-state index in [9.17, 15) is 0 Å². The Morgan fingerprint density at radius 2 is 1.84 bits per heavy atom. The van der Waals surface area contributed by atoms with E-state index in [0.717, 1.165) is 23.7 Å². The van der Waals surface area contributed by atoms with Crippen molar-refractivity contribution in [1.82, 2.24) is 0 Å². The smallest absolute Gasteiger partial charge is 0.0750 e. The van der Waals surface area contributed by atoms with E-state index in [-0.39, 0.29) is 6.04 Å². The first-order valence-electron chi connectivity index (χ1n) is 8.56. The topological polar surface area (TPSA) is 35.2 Å².